The Balaban J connectivity index is 2.68. The molecule has 0 aliphatic carbocycles. The summed E-state index contributed by atoms with van der Waals surface area (Å²) in [7, 11) is 1.50. The lowest BCUT2D eigenvalue weighted by atomic mass is 10.2. The van der Waals surface area contributed by atoms with Crippen molar-refractivity contribution in [2.24, 2.45) is 5.92 Å². The number of H-pyrrole nitrogens is 1. The summed E-state index contributed by atoms with van der Waals surface area (Å²) in [5.41, 5.74) is -1.05. The van der Waals surface area contributed by atoms with Gasteiger partial charge in [0.2, 0.25) is 0 Å². The van der Waals surface area contributed by atoms with Crippen molar-refractivity contribution in [3.8, 4) is 12.3 Å². The fourth-order valence-corrected chi connectivity index (χ4v) is 1.67. The molecule has 120 valence electrons. The molecule has 1 atom stereocenters. The lowest BCUT2D eigenvalue weighted by molar-refractivity contribution is -0.151. The first kappa shape index (κ1) is 17.7. The highest BCUT2D eigenvalue weighted by Gasteiger charge is 2.14. The van der Waals surface area contributed by atoms with Crippen molar-refractivity contribution in [3.05, 3.63) is 32.6 Å². The lowest BCUT2D eigenvalue weighted by Gasteiger charge is -2.17. The first-order valence-corrected chi connectivity index (χ1v) is 6.88. The molecule has 0 saturated heterocycles. The molecule has 7 heteroatoms. The molecule has 1 aromatic rings. The van der Waals surface area contributed by atoms with Gasteiger partial charge in [-0.3, -0.25) is 19.1 Å². The minimum absolute atomic E-state index is 0.0832. The molecule has 1 unspecified atom stereocenters. The van der Waals surface area contributed by atoms with Crippen LogP contribution in [0.3, 0.4) is 0 Å². The van der Waals surface area contributed by atoms with Crippen molar-refractivity contribution in [1.29, 1.82) is 0 Å². The van der Waals surface area contributed by atoms with Crippen LogP contribution in [-0.2, 0) is 20.8 Å². The summed E-state index contributed by atoms with van der Waals surface area (Å²) >= 11 is 0. The van der Waals surface area contributed by atoms with Gasteiger partial charge in [-0.2, -0.15) is 0 Å². The number of nitrogens with one attached hydrogen (secondary N) is 1. The molecule has 0 radical (unpaired) electrons. The van der Waals surface area contributed by atoms with Gasteiger partial charge in [0.25, 0.3) is 5.56 Å². The third-order valence-corrected chi connectivity index (χ3v) is 3.07. The summed E-state index contributed by atoms with van der Waals surface area (Å²) in [6, 6.07) is 0. The molecule has 0 aliphatic rings. The van der Waals surface area contributed by atoms with Crippen LogP contribution in [0.25, 0.3) is 0 Å². The standard InChI is InChI=1S/C15H20N2O5/c1-5-11-8-17(15(20)16-13(11)18)7-6-12(21-4)9-22-14(19)10(2)3/h1,8,10,12H,6-7,9H2,2-4H3,(H,16,18,20). The third-order valence-electron chi connectivity index (χ3n) is 3.07. The molecule has 7 nitrogen and oxygen atoms in total. The fraction of sp³-hybridized carbons (Fsp3) is 0.533. The molecule has 1 N–H and O–H groups in total. The molecule has 1 aromatic heterocycles. The van der Waals surface area contributed by atoms with Gasteiger partial charge in [0.1, 0.15) is 12.2 Å². The number of esters is 1. The number of methoxy groups -OCH3 is 1. The van der Waals surface area contributed by atoms with Crippen LogP contribution in [0.15, 0.2) is 15.8 Å². The molecular formula is C15H20N2O5. The van der Waals surface area contributed by atoms with Gasteiger partial charge < -0.3 is 9.47 Å². The van der Waals surface area contributed by atoms with Crippen LogP contribution in [0, 0.1) is 18.3 Å². The predicted molar refractivity (Wildman–Crippen MR) is 80.5 cm³/mol. The number of aromatic nitrogens is 2. The quantitative estimate of drug-likeness (QED) is 0.571. The Bertz CT molecular complexity index is 666. The molecule has 22 heavy (non-hydrogen) atoms. The van der Waals surface area contributed by atoms with Crippen LogP contribution in [0.1, 0.15) is 25.8 Å². The van der Waals surface area contributed by atoms with Crippen molar-refractivity contribution in [1.82, 2.24) is 9.55 Å². The number of terminal acetylenes is 1. The number of aryl methyl sites for hydroxylation is 1. The van der Waals surface area contributed by atoms with E-state index < -0.39 is 11.2 Å². The molecule has 0 bridgehead atoms. The Morgan fingerprint density at radius 1 is 1.45 bits per heavy atom. The van der Waals surface area contributed by atoms with E-state index in [1.807, 2.05) is 0 Å². The van der Waals surface area contributed by atoms with E-state index >= 15 is 0 Å². The number of hydrogen-bond donors (Lipinski definition) is 1. The zero-order chi connectivity index (χ0) is 16.7. The van der Waals surface area contributed by atoms with E-state index in [0.29, 0.717) is 6.42 Å². The monoisotopic (exact) mass is 308 g/mol. The minimum Gasteiger partial charge on any atom is -0.463 e. The molecule has 1 heterocycles. The largest absolute Gasteiger partial charge is 0.463 e. The van der Waals surface area contributed by atoms with Gasteiger partial charge in [-0.15, -0.1) is 6.42 Å². The van der Waals surface area contributed by atoms with Gasteiger partial charge in [0.15, 0.2) is 0 Å². The highest BCUT2D eigenvalue weighted by Crippen LogP contribution is 2.03. The van der Waals surface area contributed by atoms with Gasteiger partial charge in [0, 0.05) is 19.9 Å². The van der Waals surface area contributed by atoms with Crippen molar-refractivity contribution >= 4 is 5.97 Å². The maximum absolute atomic E-state index is 11.7. The van der Waals surface area contributed by atoms with Crippen LogP contribution in [0.4, 0.5) is 0 Å². The first-order valence-electron chi connectivity index (χ1n) is 6.88. The number of ether oxygens (including phenoxy) is 2. The van der Waals surface area contributed by atoms with Crippen LogP contribution >= 0.6 is 0 Å². The van der Waals surface area contributed by atoms with Crippen molar-refractivity contribution in [2.45, 2.75) is 32.9 Å². The Labute approximate surface area is 128 Å². The molecule has 0 fully saturated rings. The highest BCUT2D eigenvalue weighted by molar-refractivity contribution is 5.71. The number of rotatable bonds is 7. The van der Waals surface area contributed by atoms with E-state index in [9.17, 15) is 14.4 Å². The van der Waals surface area contributed by atoms with Gasteiger partial charge in [0.05, 0.1) is 12.0 Å². The van der Waals surface area contributed by atoms with E-state index in [2.05, 4.69) is 10.9 Å². The summed E-state index contributed by atoms with van der Waals surface area (Å²) in [5, 5.41) is 0. The van der Waals surface area contributed by atoms with Crippen molar-refractivity contribution < 1.29 is 14.3 Å². The normalized spacial score (nSPS) is 12.0. The molecule has 0 saturated carbocycles. The number of nitrogens with zero attached hydrogens (tertiary/aromatic N) is 1. The summed E-state index contributed by atoms with van der Waals surface area (Å²) in [5.74, 6) is 1.69. The van der Waals surface area contributed by atoms with Gasteiger partial charge in [-0.1, -0.05) is 19.8 Å². The molecule has 0 aromatic carbocycles. The number of hydrogen-bond acceptors (Lipinski definition) is 5. The van der Waals surface area contributed by atoms with Crippen molar-refractivity contribution in [2.75, 3.05) is 13.7 Å². The average molecular weight is 308 g/mol. The molecule has 1 rings (SSSR count). The smallest absolute Gasteiger partial charge is 0.328 e. The average Bonchev–Trinajstić information content (AvgIpc) is 2.48. The second kappa shape index (κ2) is 8.20. The number of carbonyl (C=O) groups excluding carboxylic acids is 1. The van der Waals surface area contributed by atoms with E-state index in [-0.39, 0.29) is 36.7 Å². The summed E-state index contributed by atoms with van der Waals surface area (Å²) < 4.78 is 11.6. The summed E-state index contributed by atoms with van der Waals surface area (Å²) in [4.78, 5) is 36.6. The Morgan fingerprint density at radius 3 is 2.68 bits per heavy atom. The van der Waals surface area contributed by atoms with E-state index in [1.54, 1.807) is 13.8 Å². The van der Waals surface area contributed by atoms with Crippen LogP contribution in [-0.4, -0.2) is 35.3 Å². The SMILES string of the molecule is C#Cc1cn(CCC(COC(=O)C(C)C)OC)c(=O)[nH]c1=O. The van der Waals surface area contributed by atoms with Crippen LogP contribution < -0.4 is 11.2 Å². The first-order chi connectivity index (χ1) is 10.4. The Morgan fingerprint density at radius 2 is 2.14 bits per heavy atom. The van der Waals surface area contributed by atoms with Crippen LogP contribution in [0.5, 0.6) is 0 Å². The van der Waals surface area contributed by atoms with E-state index in [1.165, 1.54) is 17.9 Å². The molecular weight excluding hydrogens is 288 g/mol. The van der Waals surface area contributed by atoms with Gasteiger partial charge >= 0.3 is 11.7 Å². The van der Waals surface area contributed by atoms with Crippen molar-refractivity contribution in [3.63, 3.8) is 0 Å². The number of aromatic amines is 1. The van der Waals surface area contributed by atoms with Gasteiger partial charge in [-0.05, 0) is 6.42 Å². The fourth-order valence-electron chi connectivity index (χ4n) is 1.67. The minimum atomic E-state index is -0.585. The van der Waals surface area contributed by atoms with Crippen LogP contribution in [0.2, 0.25) is 0 Å². The second-order valence-electron chi connectivity index (χ2n) is 5.07. The summed E-state index contributed by atoms with van der Waals surface area (Å²) in [6.45, 7) is 3.87. The van der Waals surface area contributed by atoms with Gasteiger partial charge in [-0.25, -0.2) is 4.79 Å². The maximum atomic E-state index is 11.7. The second-order valence-corrected chi connectivity index (χ2v) is 5.07. The zero-order valence-corrected chi connectivity index (χ0v) is 12.9. The zero-order valence-electron chi connectivity index (χ0n) is 12.9. The third kappa shape index (κ3) is 4.90. The topological polar surface area (TPSA) is 90.4 Å². The summed E-state index contributed by atoms with van der Waals surface area (Å²) in [6.07, 6.45) is 6.60. The number of carbonyl (C=O) groups is 1. The highest BCUT2D eigenvalue weighted by atomic mass is 16.6. The molecule has 0 aliphatic heterocycles. The lowest BCUT2D eigenvalue weighted by Crippen LogP contribution is -2.33. The Hall–Kier alpha value is -2.33. The maximum Gasteiger partial charge on any atom is 0.328 e. The van der Waals surface area contributed by atoms with E-state index in [0.717, 1.165) is 0 Å². The molecule has 0 amide bonds. The molecule has 0 spiro atoms. The predicted octanol–water partition coefficient (Wildman–Crippen LogP) is 0.122. The van der Waals surface area contributed by atoms with E-state index in [4.69, 9.17) is 15.9 Å². The Kier molecular flexibility index (Phi) is 6.60.